The molecule has 10 heteroatoms. The molecular weight excluding hydrogens is 928 g/mol. The van der Waals surface area contributed by atoms with Gasteiger partial charge in [-0.05, 0) is 102 Å². The van der Waals surface area contributed by atoms with Gasteiger partial charge in [0, 0.05) is 12.8 Å². The van der Waals surface area contributed by atoms with E-state index in [1.165, 1.54) is 83.5 Å². The molecule has 1 N–H and O–H groups in total. The maximum atomic E-state index is 13.4. The van der Waals surface area contributed by atoms with Gasteiger partial charge >= 0.3 is 5.97 Å². The number of esters is 1. The number of amides is 1. The molecule has 1 amide bonds. The fourth-order valence-corrected chi connectivity index (χ4v) is 8.41. The minimum Gasteiger partial charge on any atom is -0.756 e. The number of phosphoric acid groups is 1. The maximum Gasteiger partial charge on any atom is 0.306 e. The van der Waals surface area contributed by atoms with Crippen LogP contribution in [0.25, 0.3) is 0 Å². The van der Waals surface area contributed by atoms with E-state index in [0.717, 1.165) is 96.3 Å². The lowest BCUT2D eigenvalue weighted by Gasteiger charge is -2.30. The van der Waals surface area contributed by atoms with Crippen LogP contribution in [0.2, 0.25) is 0 Å². The highest BCUT2D eigenvalue weighted by atomic mass is 31.2. The number of carbonyl (C=O) groups is 2. The van der Waals surface area contributed by atoms with E-state index in [1.54, 1.807) is 6.08 Å². The van der Waals surface area contributed by atoms with Gasteiger partial charge in [-0.25, -0.2) is 0 Å². The SMILES string of the molecule is CC/C=C\C/C=C\C/C=C\C/C=C\C/C=C\C/C=C\CCCCCCC(=O)OC(/C=C\CCCCCCCCCCC)C(COP(=O)([O-])OCC[N+](C)(C)C)NC(=O)CC/C=C/C/C=C\CCCCCCCC. The van der Waals surface area contributed by atoms with E-state index in [1.807, 2.05) is 33.3 Å². The number of likely N-dealkylation sites (N-methyl/N-ethyl adjacent to an activating group) is 1. The van der Waals surface area contributed by atoms with E-state index in [0.29, 0.717) is 23.9 Å². The molecule has 0 radical (unpaired) electrons. The molecule has 0 fully saturated rings. The van der Waals surface area contributed by atoms with Gasteiger partial charge in [0.05, 0.1) is 33.8 Å². The van der Waals surface area contributed by atoms with Gasteiger partial charge in [0.25, 0.3) is 7.82 Å². The number of phosphoric ester groups is 1. The first-order valence-corrected chi connectivity index (χ1v) is 30.7. The second-order valence-electron chi connectivity index (χ2n) is 20.4. The summed E-state index contributed by atoms with van der Waals surface area (Å²) in [5.41, 5.74) is 0. The molecule has 9 nitrogen and oxygen atoms in total. The van der Waals surface area contributed by atoms with E-state index >= 15 is 0 Å². The van der Waals surface area contributed by atoms with Crippen LogP contribution in [0.5, 0.6) is 0 Å². The molecule has 3 unspecified atom stereocenters. The Balaban J connectivity index is 5.35. The van der Waals surface area contributed by atoms with Crippen molar-refractivity contribution in [3.8, 4) is 0 Å². The molecular formula is C63H109N2O7P. The lowest BCUT2D eigenvalue weighted by Crippen LogP contribution is -2.47. The fraction of sp³-hybridized carbons (Fsp3) is 0.683. The summed E-state index contributed by atoms with van der Waals surface area (Å²) in [6, 6.07) is -0.935. The summed E-state index contributed by atoms with van der Waals surface area (Å²) in [5, 5.41) is 2.96. The molecule has 0 aliphatic rings. The highest BCUT2D eigenvalue weighted by molar-refractivity contribution is 7.45. The van der Waals surface area contributed by atoms with Gasteiger partial charge in [0.1, 0.15) is 19.3 Å². The highest BCUT2D eigenvalue weighted by Crippen LogP contribution is 2.38. The molecule has 0 heterocycles. The predicted molar refractivity (Wildman–Crippen MR) is 311 cm³/mol. The highest BCUT2D eigenvalue weighted by Gasteiger charge is 2.27. The van der Waals surface area contributed by atoms with Crippen molar-refractivity contribution in [1.29, 1.82) is 0 Å². The van der Waals surface area contributed by atoms with Crippen LogP contribution in [0.3, 0.4) is 0 Å². The average molecular weight is 1040 g/mol. The number of ether oxygens (including phenoxy) is 1. The maximum absolute atomic E-state index is 13.4. The summed E-state index contributed by atoms with van der Waals surface area (Å²) in [6.07, 6.45) is 70.8. The molecule has 0 saturated heterocycles. The summed E-state index contributed by atoms with van der Waals surface area (Å²) >= 11 is 0. The monoisotopic (exact) mass is 1040 g/mol. The molecule has 0 aliphatic heterocycles. The second-order valence-corrected chi connectivity index (χ2v) is 21.8. The lowest BCUT2D eigenvalue weighted by molar-refractivity contribution is -0.870. The number of nitrogens with zero attached hydrogens (tertiary/aromatic N) is 1. The van der Waals surface area contributed by atoms with Gasteiger partial charge in [-0.15, -0.1) is 0 Å². The molecule has 0 saturated carbocycles. The van der Waals surface area contributed by atoms with Gasteiger partial charge < -0.3 is 28.5 Å². The van der Waals surface area contributed by atoms with Gasteiger partial charge in [-0.1, -0.05) is 220 Å². The predicted octanol–water partition coefficient (Wildman–Crippen LogP) is 17.1. The first kappa shape index (κ1) is 69.7. The molecule has 3 atom stereocenters. The first-order valence-electron chi connectivity index (χ1n) is 29.2. The van der Waals surface area contributed by atoms with Crippen molar-refractivity contribution in [2.24, 2.45) is 0 Å². The number of allylic oxidation sites excluding steroid dienone is 17. The number of nitrogens with one attached hydrogen (secondary N) is 1. The zero-order valence-corrected chi connectivity index (χ0v) is 48.4. The van der Waals surface area contributed by atoms with Crippen LogP contribution >= 0.6 is 7.82 Å². The normalized spacial score (nSPS) is 14.6. The van der Waals surface area contributed by atoms with Gasteiger partial charge in [-0.3, -0.25) is 14.2 Å². The van der Waals surface area contributed by atoms with E-state index < -0.39 is 26.6 Å². The van der Waals surface area contributed by atoms with Crippen molar-refractivity contribution in [1.82, 2.24) is 5.32 Å². The van der Waals surface area contributed by atoms with Crippen molar-refractivity contribution >= 4 is 19.7 Å². The summed E-state index contributed by atoms with van der Waals surface area (Å²) < 4.78 is 30.1. The second kappa shape index (κ2) is 52.1. The van der Waals surface area contributed by atoms with E-state index in [4.69, 9.17) is 13.8 Å². The standard InChI is InChI=1S/C63H109N2O7P/c1-7-10-13-16-19-22-25-27-28-29-30-31-32-33-34-35-36-38-41-44-47-50-53-56-63(67)72-61(54-51-48-45-42-39-24-21-18-15-12-9-3)60(59-71-73(68,69)70-58-57-65(4,5)6)64-62(66)55-52-49-46-43-40-37-26-23-20-17-14-11-8-2/h10,13,19,22,27-28,30-31,33-34,36-38,40,46,49,51,54,60-61H,7-9,11-12,14-18,20-21,23-26,29,32,35,39,41-45,47-48,50,52-53,55-59H2,1-6H3,(H-,64,66,68,69)/b13-10-,22-19-,28-27-,31-30-,34-33-,38-36-,40-37-,49-46+,54-51-. The Kier molecular flexibility index (Phi) is 49.7. The summed E-state index contributed by atoms with van der Waals surface area (Å²) in [5.74, 6) is -0.658. The minimum absolute atomic E-state index is 0.0413. The van der Waals surface area contributed by atoms with Crippen LogP contribution in [0.4, 0.5) is 0 Å². The molecule has 0 aromatic carbocycles. The zero-order chi connectivity index (χ0) is 53.6. The van der Waals surface area contributed by atoms with Crippen LogP contribution in [0.1, 0.15) is 226 Å². The Bertz CT molecular complexity index is 1620. The third-order valence-corrected chi connectivity index (χ3v) is 13.2. The molecule has 0 bridgehead atoms. The van der Waals surface area contributed by atoms with E-state index in [9.17, 15) is 19.0 Å². The van der Waals surface area contributed by atoms with E-state index in [-0.39, 0.29) is 31.3 Å². The van der Waals surface area contributed by atoms with Crippen molar-refractivity contribution in [2.45, 2.75) is 238 Å². The number of hydrogen-bond donors (Lipinski definition) is 1. The molecule has 0 aliphatic carbocycles. The van der Waals surface area contributed by atoms with Gasteiger partial charge in [0.2, 0.25) is 5.91 Å². The topological polar surface area (TPSA) is 114 Å². The zero-order valence-electron chi connectivity index (χ0n) is 47.5. The average Bonchev–Trinajstić information content (AvgIpc) is 3.35. The van der Waals surface area contributed by atoms with Gasteiger partial charge in [0.15, 0.2) is 0 Å². The quantitative estimate of drug-likeness (QED) is 0.0212. The molecule has 0 aromatic heterocycles. The molecule has 0 rings (SSSR count). The number of hydrogen-bond acceptors (Lipinski definition) is 7. The molecule has 0 spiro atoms. The minimum atomic E-state index is -4.72. The Morgan fingerprint density at radius 1 is 0.493 bits per heavy atom. The number of carbonyl (C=O) groups excluding carboxylic acids is 2. The first-order chi connectivity index (χ1) is 35.4. The van der Waals surface area contributed by atoms with Crippen molar-refractivity contribution in [3.05, 3.63) is 109 Å². The van der Waals surface area contributed by atoms with E-state index in [2.05, 4.69) is 117 Å². The van der Waals surface area contributed by atoms with Crippen LogP contribution in [0, 0.1) is 0 Å². The van der Waals surface area contributed by atoms with Crippen LogP contribution in [0.15, 0.2) is 109 Å². The van der Waals surface area contributed by atoms with Crippen molar-refractivity contribution in [2.75, 3.05) is 40.9 Å². The smallest absolute Gasteiger partial charge is 0.306 e. The lowest BCUT2D eigenvalue weighted by atomic mass is 10.1. The Morgan fingerprint density at radius 2 is 0.890 bits per heavy atom. The van der Waals surface area contributed by atoms with Crippen LogP contribution in [-0.2, 0) is 27.9 Å². The van der Waals surface area contributed by atoms with Crippen molar-refractivity contribution in [3.63, 3.8) is 0 Å². The van der Waals surface area contributed by atoms with Crippen molar-refractivity contribution < 1.29 is 37.3 Å². The third-order valence-electron chi connectivity index (χ3n) is 12.2. The Labute approximate surface area is 449 Å². The molecule has 418 valence electrons. The van der Waals surface area contributed by atoms with Crippen LogP contribution < -0.4 is 10.2 Å². The Morgan fingerprint density at radius 3 is 1.34 bits per heavy atom. The third kappa shape index (κ3) is 53.3. The number of unbranched alkanes of at least 4 members (excludes halogenated alkanes) is 19. The molecule has 0 aromatic rings. The van der Waals surface area contributed by atoms with Gasteiger partial charge in [-0.2, -0.15) is 0 Å². The summed E-state index contributed by atoms with van der Waals surface area (Å²) in [6.45, 7) is 6.63. The summed E-state index contributed by atoms with van der Waals surface area (Å²) in [7, 11) is 1.12. The fourth-order valence-electron chi connectivity index (χ4n) is 7.69. The molecule has 73 heavy (non-hydrogen) atoms. The van der Waals surface area contributed by atoms with Crippen LogP contribution in [-0.4, -0.2) is 69.4 Å². The largest absolute Gasteiger partial charge is 0.756 e. The summed E-state index contributed by atoms with van der Waals surface area (Å²) in [4.78, 5) is 39.8. The number of quaternary nitrogens is 1. The Hall–Kier alpha value is -3.33. The number of rotatable bonds is 51.